The van der Waals surface area contributed by atoms with E-state index >= 15 is 0 Å². The van der Waals surface area contributed by atoms with E-state index < -0.39 is 0 Å². The molecule has 2 aromatic carbocycles. The lowest BCUT2D eigenvalue weighted by atomic mass is 10.1. The number of rotatable bonds is 5. The van der Waals surface area contributed by atoms with Gasteiger partial charge in [-0.05, 0) is 48.1 Å². The van der Waals surface area contributed by atoms with Crippen molar-refractivity contribution in [1.29, 1.82) is 0 Å². The third-order valence-electron chi connectivity index (χ3n) is 4.96. The molecule has 1 heterocycles. The molecule has 0 bridgehead atoms. The van der Waals surface area contributed by atoms with E-state index in [1.54, 1.807) is 0 Å². The Kier molecular flexibility index (Phi) is 5.07. The van der Waals surface area contributed by atoms with Crippen LogP contribution in [0.1, 0.15) is 29.9 Å². The number of nitrogens with zero attached hydrogens (tertiary/aromatic N) is 1. The van der Waals surface area contributed by atoms with Crippen LogP contribution in [0.2, 0.25) is 0 Å². The van der Waals surface area contributed by atoms with Gasteiger partial charge in [0.2, 0.25) is 0 Å². The summed E-state index contributed by atoms with van der Waals surface area (Å²) in [5, 5.41) is 5.85. The van der Waals surface area contributed by atoms with Gasteiger partial charge in [-0.3, -0.25) is 0 Å². The molecular formula is C21H25N3O2. The molecule has 0 spiro atoms. The molecule has 0 atom stereocenters. The molecule has 136 valence electrons. The third-order valence-corrected chi connectivity index (χ3v) is 4.96. The Morgan fingerprint density at radius 1 is 1.08 bits per heavy atom. The van der Waals surface area contributed by atoms with Gasteiger partial charge in [-0.1, -0.05) is 30.3 Å². The predicted molar refractivity (Wildman–Crippen MR) is 104 cm³/mol. The summed E-state index contributed by atoms with van der Waals surface area (Å²) in [4.78, 5) is 14.5. The number of nitrogens with one attached hydrogen (secondary N) is 2. The van der Waals surface area contributed by atoms with Gasteiger partial charge in [0.25, 0.3) is 0 Å². The number of hydrogen-bond donors (Lipinski definition) is 2. The van der Waals surface area contributed by atoms with Crippen LogP contribution >= 0.6 is 0 Å². The number of ether oxygens (including phenoxy) is 1. The molecule has 26 heavy (non-hydrogen) atoms. The van der Waals surface area contributed by atoms with Crippen molar-refractivity contribution in [3.63, 3.8) is 0 Å². The van der Waals surface area contributed by atoms with Crippen molar-refractivity contribution in [2.24, 2.45) is 0 Å². The van der Waals surface area contributed by atoms with Crippen LogP contribution in [-0.2, 0) is 11.3 Å². The summed E-state index contributed by atoms with van der Waals surface area (Å²) < 4.78 is 5.39. The second-order valence-electron chi connectivity index (χ2n) is 6.97. The van der Waals surface area contributed by atoms with Crippen LogP contribution in [0.3, 0.4) is 0 Å². The fourth-order valence-corrected chi connectivity index (χ4v) is 3.28. The molecule has 2 fully saturated rings. The summed E-state index contributed by atoms with van der Waals surface area (Å²) in [5.74, 6) is 0.763. The Bertz CT molecular complexity index is 750. The number of anilines is 2. The van der Waals surface area contributed by atoms with Crippen LogP contribution in [0.4, 0.5) is 16.2 Å². The first-order valence-electron chi connectivity index (χ1n) is 9.34. The largest absolute Gasteiger partial charge is 0.378 e. The van der Waals surface area contributed by atoms with Crippen LogP contribution in [0.15, 0.2) is 48.5 Å². The molecule has 2 aliphatic rings. The normalized spacial score (nSPS) is 17.0. The first-order valence-corrected chi connectivity index (χ1v) is 9.34. The van der Waals surface area contributed by atoms with Gasteiger partial charge in [0, 0.05) is 31.0 Å². The van der Waals surface area contributed by atoms with Gasteiger partial charge in [0.1, 0.15) is 0 Å². The number of urea groups is 1. The Balaban J connectivity index is 1.29. The molecule has 1 aliphatic heterocycles. The van der Waals surface area contributed by atoms with Crippen molar-refractivity contribution < 1.29 is 9.53 Å². The highest BCUT2D eigenvalue weighted by molar-refractivity contribution is 5.89. The number of amides is 2. The fraction of sp³-hybridized carbons (Fsp3) is 0.381. The molecule has 0 aromatic heterocycles. The van der Waals surface area contributed by atoms with E-state index in [0.29, 0.717) is 6.54 Å². The number of morpholine rings is 1. The quantitative estimate of drug-likeness (QED) is 0.863. The van der Waals surface area contributed by atoms with E-state index in [9.17, 15) is 4.79 Å². The molecule has 2 aromatic rings. The summed E-state index contributed by atoms with van der Waals surface area (Å²) in [6.07, 6.45) is 2.62. The molecule has 5 nitrogen and oxygen atoms in total. The van der Waals surface area contributed by atoms with Crippen LogP contribution in [-0.4, -0.2) is 32.3 Å². The van der Waals surface area contributed by atoms with Crippen molar-refractivity contribution >= 4 is 17.4 Å². The maximum Gasteiger partial charge on any atom is 0.319 e. The molecule has 0 unspecified atom stereocenters. The van der Waals surface area contributed by atoms with E-state index in [-0.39, 0.29) is 6.03 Å². The van der Waals surface area contributed by atoms with Gasteiger partial charge in [0.15, 0.2) is 0 Å². The topological polar surface area (TPSA) is 53.6 Å². The Hall–Kier alpha value is -2.53. The number of carbonyl (C=O) groups excluding carboxylic acids is 1. The number of hydrogen-bond acceptors (Lipinski definition) is 3. The molecular weight excluding hydrogens is 326 g/mol. The molecule has 0 radical (unpaired) electrons. The fourth-order valence-electron chi connectivity index (χ4n) is 3.28. The first-order chi connectivity index (χ1) is 12.8. The molecule has 1 saturated heterocycles. The average molecular weight is 351 g/mol. The highest BCUT2D eigenvalue weighted by Gasteiger charge is 2.22. The van der Waals surface area contributed by atoms with E-state index in [1.165, 1.54) is 18.4 Å². The Labute approximate surface area is 154 Å². The summed E-state index contributed by atoms with van der Waals surface area (Å²) in [6.45, 7) is 3.79. The Morgan fingerprint density at radius 2 is 1.85 bits per heavy atom. The van der Waals surface area contributed by atoms with Gasteiger partial charge in [-0.25, -0.2) is 4.79 Å². The summed E-state index contributed by atoms with van der Waals surface area (Å²) in [5.41, 5.74) is 4.45. The zero-order valence-electron chi connectivity index (χ0n) is 14.9. The third kappa shape index (κ3) is 4.35. The van der Waals surface area contributed by atoms with Crippen LogP contribution in [0.5, 0.6) is 0 Å². The minimum absolute atomic E-state index is 0.185. The SMILES string of the molecule is O=C(NCc1ccc(C2CC2)cc1)Nc1cccc(N2CCOCC2)c1. The Morgan fingerprint density at radius 3 is 2.58 bits per heavy atom. The lowest BCUT2D eigenvalue weighted by Gasteiger charge is -2.29. The monoisotopic (exact) mass is 351 g/mol. The van der Waals surface area contributed by atoms with E-state index in [4.69, 9.17) is 4.74 Å². The lowest BCUT2D eigenvalue weighted by Crippen LogP contribution is -2.36. The minimum atomic E-state index is -0.185. The van der Waals surface area contributed by atoms with E-state index in [2.05, 4.69) is 45.9 Å². The number of carbonyl (C=O) groups is 1. The molecule has 2 N–H and O–H groups in total. The van der Waals surface area contributed by atoms with Crippen LogP contribution in [0, 0.1) is 0 Å². The summed E-state index contributed by atoms with van der Waals surface area (Å²) in [6, 6.07) is 16.3. The van der Waals surface area contributed by atoms with Crippen molar-refractivity contribution in [3.8, 4) is 0 Å². The van der Waals surface area contributed by atoms with Gasteiger partial charge >= 0.3 is 6.03 Å². The second-order valence-corrected chi connectivity index (χ2v) is 6.97. The molecule has 1 aliphatic carbocycles. The van der Waals surface area contributed by atoms with Gasteiger partial charge < -0.3 is 20.3 Å². The van der Waals surface area contributed by atoms with Crippen LogP contribution in [0.25, 0.3) is 0 Å². The molecule has 5 heteroatoms. The van der Waals surface area contributed by atoms with Crippen molar-refractivity contribution in [2.45, 2.75) is 25.3 Å². The van der Waals surface area contributed by atoms with E-state index in [1.807, 2.05) is 18.2 Å². The zero-order valence-corrected chi connectivity index (χ0v) is 14.9. The van der Waals surface area contributed by atoms with Crippen molar-refractivity contribution in [1.82, 2.24) is 5.32 Å². The predicted octanol–water partition coefficient (Wildman–Crippen LogP) is 3.72. The maximum absolute atomic E-state index is 12.2. The summed E-state index contributed by atoms with van der Waals surface area (Å²) >= 11 is 0. The van der Waals surface area contributed by atoms with Gasteiger partial charge in [-0.2, -0.15) is 0 Å². The highest BCUT2D eigenvalue weighted by Crippen LogP contribution is 2.39. The van der Waals surface area contributed by atoms with E-state index in [0.717, 1.165) is 49.2 Å². The highest BCUT2D eigenvalue weighted by atomic mass is 16.5. The lowest BCUT2D eigenvalue weighted by molar-refractivity contribution is 0.122. The molecule has 4 rings (SSSR count). The van der Waals surface area contributed by atoms with Crippen molar-refractivity contribution in [2.75, 3.05) is 36.5 Å². The maximum atomic E-state index is 12.2. The van der Waals surface area contributed by atoms with Gasteiger partial charge in [-0.15, -0.1) is 0 Å². The zero-order chi connectivity index (χ0) is 17.8. The summed E-state index contributed by atoms with van der Waals surface area (Å²) in [7, 11) is 0. The first kappa shape index (κ1) is 16.9. The van der Waals surface area contributed by atoms with Crippen molar-refractivity contribution in [3.05, 3.63) is 59.7 Å². The smallest absolute Gasteiger partial charge is 0.319 e. The molecule has 1 saturated carbocycles. The standard InChI is InChI=1S/C21H25N3O2/c25-21(22-15-16-4-6-17(7-5-16)18-8-9-18)23-19-2-1-3-20(14-19)24-10-12-26-13-11-24/h1-7,14,18H,8-13,15H2,(H2,22,23,25). The average Bonchev–Trinajstić information content (AvgIpc) is 3.53. The van der Waals surface area contributed by atoms with Crippen LogP contribution < -0.4 is 15.5 Å². The minimum Gasteiger partial charge on any atom is -0.378 e. The molecule has 2 amide bonds. The second kappa shape index (κ2) is 7.79. The van der Waals surface area contributed by atoms with Gasteiger partial charge in [0.05, 0.1) is 13.2 Å². The number of benzene rings is 2.